The van der Waals surface area contributed by atoms with Gasteiger partial charge in [-0.15, -0.1) is 0 Å². The minimum absolute atomic E-state index is 0.0169. The van der Waals surface area contributed by atoms with E-state index in [4.69, 9.17) is 9.84 Å². The predicted octanol–water partition coefficient (Wildman–Crippen LogP) is 1.96. The van der Waals surface area contributed by atoms with Gasteiger partial charge in [0.05, 0.1) is 0 Å². The Kier molecular flexibility index (Phi) is 2.22. The molecular weight excluding hydrogens is 154 g/mol. The fourth-order valence-corrected chi connectivity index (χ4v) is 0.774. The molecule has 12 heavy (non-hydrogen) atoms. The van der Waals surface area contributed by atoms with Gasteiger partial charge in [0, 0.05) is 12.1 Å². The summed E-state index contributed by atoms with van der Waals surface area (Å²) in [5, 5.41) is 9.02. The Morgan fingerprint density at radius 1 is 1.33 bits per heavy atom. The van der Waals surface area contributed by atoms with Crippen LogP contribution in [-0.2, 0) is 0 Å². The third-order valence-corrected chi connectivity index (χ3v) is 1.12. The summed E-state index contributed by atoms with van der Waals surface area (Å²) < 4.78 is 5.41. The Labute approximate surface area is 72.0 Å². The maximum absolute atomic E-state index is 9.02. The average Bonchev–Trinajstić information content (AvgIpc) is 1.82. The van der Waals surface area contributed by atoms with Crippen LogP contribution in [0.25, 0.3) is 0 Å². The molecule has 0 aromatic carbocycles. The van der Waals surface area contributed by atoms with Crippen molar-refractivity contribution in [2.75, 3.05) is 0 Å². The van der Waals surface area contributed by atoms with Gasteiger partial charge in [-0.1, -0.05) is 6.07 Å². The van der Waals surface area contributed by atoms with Crippen LogP contribution < -0.4 is 4.74 Å². The van der Waals surface area contributed by atoms with Crippen molar-refractivity contribution < 1.29 is 9.84 Å². The lowest BCUT2D eigenvalue weighted by molar-refractivity contribution is 0.123. The first-order valence-corrected chi connectivity index (χ1v) is 3.82. The summed E-state index contributed by atoms with van der Waals surface area (Å²) in [7, 11) is 0. The summed E-state index contributed by atoms with van der Waals surface area (Å²) in [6.07, 6.45) is 0. The van der Waals surface area contributed by atoms with Gasteiger partial charge in [0.25, 0.3) is 0 Å². The van der Waals surface area contributed by atoms with Crippen LogP contribution in [0.1, 0.15) is 20.8 Å². The SMILES string of the molecule is CC(C)(C)Oc1cccc(O)n1. The second-order valence-corrected chi connectivity index (χ2v) is 3.55. The fourth-order valence-electron chi connectivity index (χ4n) is 0.774. The molecule has 1 heterocycles. The molecule has 1 rings (SSSR count). The molecule has 3 heteroatoms. The van der Waals surface area contributed by atoms with E-state index in [0.717, 1.165) is 0 Å². The molecule has 3 nitrogen and oxygen atoms in total. The van der Waals surface area contributed by atoms with E-state index < -0.39 is 0 Å². The van der Waals surface area contributed by atoms with E-state index in [1.165, 1.54) is 6.07 Å². The third kappa shape index (κ3) is 2.78. The van der Waals surface area contributed by atoms with E-state index >= 15 is 0 Å². The highest BCUT2D eigenvalue weighted by molar-refractivity contribution is 5.18. The Morgan fingerprint density at radius 3 is 2.50 bits per heavy atom. The molecule has 0 amide bonds. The van der Waals surface area contributed by atoms with Crippen LogP contribution >= 0.6 is 0 Å². The van der Waals surface area contributed by atoms with Gasteiger partial charge in [0.1, 0.15) is 5.60 Å². The van der Waals surface area contributed by atoms with Gasteiger partial charge in [-0.25, -0.2) is 0 Å². The number of aromatic hydroxyl groups is 1. The van der Waals surface area contributed by atoms with Crippen LogP contribution in [0.3, 0.4) is 0 Å². The van der Waals surface area contributed by atoms with Crippen LogP contribution in [0, 0.1) is 0 Å². The largest absolute Gasteiger partial charge is 0.493 e. The maximum Gasteiger partial charge on any atom is 0.217 e. The Bertz CT molecular complexity index is 265. The molecule has 1 aromatic heterocycles. The molecule has 0 aliphatic heterocycles. The lowest BCUT2D eigenvalue weighted by atomic mass is 10.2. The Morgan fingerprint density at radius 2 is 2.00 bits per heavy atom. The molecular formula is C9H13NO2. The molecule has 1 aromatic rings. The molecule has 66 valence electrons. The number of hydrogen-bond donors (Lipinski definition) is 1. The first-order valence-electron chi connectivity index (χ1n) is 3.82. The number of nitrogens with zero attached hydrogens (tertiary/aromatic N) is 1. The zero-order valence-corrected chi connectivity index (χ0v) is 7.53. The number of hydrogen-bond acceptors (Lipinski definition) is 3. The van der Waals surface area contributed by atoms with Crippen molar-refractivity contribution in [3.63, 3.8) is 0 Å². The van der Waals surface area contributed by atoms with E-state index in [2.05, 4.69) is 4.98 Å². The summed E-state index contributed by atoms with van der Waals surface area (Å²) in [4.78, 5) is 3.79. The first-order chi connectivity index (χ1) is 5.47. The highest BCUT2D eigenvalue weighted by Gasteiger charge is 2.12. The first kappa shape index (κ1) is 8.84. The summed E-state index contributed by atoms with van der Waals surface area (Å²) in [5.74, 6) is 0.430. The molecule has 0 spiro atoms. The average molecular weight is 167 g/mol. The van der Waals surface area contributed by atoms with Crippen molar-refractivity contribution >= 4 is 0 Å². The topological polar surface area (TPSA) is 42.4 Å². The van der Waals surface area contributed by atoms with Gasteiger partial charge in [-0.05, 0) is 20.8 Å². The van der Waals surface area contributed by atoms with E-state index in [1.54, 1.807) is 12.1 Å². The molecule has 0 unspecified atom stereocenters. The van der Waals surface area contributed by atoms with Gasteiger partial charge >= 0.3 is 0 Å². The highest BCUT2D eigenvalue weighted by atomic mass is 16.5. The number of aromatic nitrogens is 1. The van der Waals surface area contributed by atoms with Crippen LogP contribution in [0.4, 0.5) is 0 Å². The lowest BCUT2D eigenvalue weighted by Crippen LogP contribution is -2.23. The molecule has 0 fully saturated rings. The summed E-state index contributed by atoms with van der Waals surface area (Å²) in [6, 6.07) is 4.92. The van der Waals surface area contributed by atoms with Crippen molar-refractivity contribution in [3.05, 3.63) is 18.2 Å². The Balaban J connectivity index is 2.77. The standard InChI is InChI=1S/C9H13NO2/c1-9(2,3)12-8-6-4-5-7(11)10-8/h4-6H,1-3H3,(H,10,11). The number of rotatable bonds is 1. The third-order valence-electron chi connectivity index (χ3n) is 1.12. The van der Waals surface area contributed by atoms with Crippen molar-refractivity contribution in [3.8, 4) is 11.8 Å². The minimum Gasteiger partial charge on any atom is -0.493 e. The van der Waals surface area contributed by atoms with Crippen LogP contribution in [0.5, 0.6) is 11.8 Å². The van der Waals surface area contributed by atoms with Crippen molar-refractivity contribution in [2.24, 2.45) is 0 Å². The normalized spacial score (nSPS) is 11.2. The highest BCUT2D eigenvalue weighted by Crippen LogP contribution is 2.17. The molecule has 1 N–H and O–H groups in total. The summed E-state index contributed by atoms with van der Waals surface area (Å²) in [6.45, 7) is 5.79. The quantitative estimate of drug-likeness (QED) is 0.695. The monoisotopic (exact) mass is 167 g/mol. The van der Waals surface area contributed by atoms with Crippen LogP contribution in [0.15, 0.2) is 18.2 Å². The second kappa shape index (κ2) is 3.01. The van der Waals surface area contributed by atoms with Crippen molar-refractivity contribution in [1.29, 1.82) is 0 Å². The van der Waals surface area contributed by atoms with Crippen molar-refractivity contribution in [1.82, 2.24) is 4.98 Å². The van der Waals surface area contributed by atoms with Crippen LogP contribution in [0.2, 0.25) is 0 Å². The van der Waals surface area contributed by atoms with E-state index in [-0.39, 0.29) is 11.5 Å². The predicted molar refractivity (Wildman–Crippen MR) is 46.3 cm³/mol. The van der Waals surface area contributed by atoms with Gasteiger partial charge in [0.2, 0.25) is 11.8 Å². The Hall–Kier alpha value is -1.25. The summed E-state index contributed by atoms with van der Waals surface area (Å²) >= 11 is 0. The number of ether oxygens (including phenoxy) is 1. The van der Waals surface area contributed by atoms with E-state index in [0.29, 0.717) is 5.88 Å². The molecule has 0 saturated heterocycles. The van der Waals surface area contributed by atoms with Crippen LogP contribution in [-0.4, -0.2) is 15.7 Å². The minimum atomic E-state index is -0.277. The zero-order valence-electron chi connectivity index (χ0n) is 7.53. The molecule has 0 atom stereocenters. The molecule has 0 bridgehead atoms. The molecule has 0 aliphatic carbocycles. The van der Waals surface area contributed by atoms with Gasteiger partial charge in [-0.3, -0.25) is 0 Å². The lowest BCUT2D eigenvalue weighted by Gasteiger charge is -2.19. The molecule has 0 radical (unpaired) electrons. The molecule has 0 saturated carbocycles. The molecule has 0 aliphatic rings. The van der Waals surface area contributed by atoms with Gasteiger partial charge in [0.15, 0.2) is 0 Å². The summed E-state index contributed by atoms with van der Waals surface area (Å²) in [5.41, 5.74) is -0.277. The smallest absolute Gasteiger partial charge is 0.217 e. The maximum atomic E-state index is 9.02. The van der Waals surface area contributed by atoms with Gasteiger partial charge in [-0.2, -0.15) is 4.98 Å². The number of pyridine rings is 1. The van der Waals surface area contributed by atoms with E-state index in [9.17, 15) is 0 Å². The fraction of sp³-hybridized carbons (Fsp3) is 0.444. The second-order valence-electron chi connectivity index (χ2n) is 3.55. The zero-order chi connectivity index (χ0) is 9.19. The van der Waals surface area contributed by atoms with Gasteiger partial charge < -0.3 is 9.84 Å². The van der Waals surface area contributed by atoms with Crippen molar-refractivity contribution in [2.45, 2.75) is 26.4 Å². The van der Waals surface area contributed by atoms with E-state index in [1.807, 2.05) is 20.8 Å².